The SMILES string of the molecule is Cc1cnc(C(C)NC(C)c2ccc(C(C)C)cc2)s1. The molecule has 0 aliphatic carbocycles. The maximum atomic E-state index is 4.46. The maximum Gasteiger partial charge on any atom is 0.109 e. The minimum Gasteiger partial charge on any atom is -0.302 e. The van der Waals surface area contributed by atoms with Gasteiger partial charge in [0, 0.05) is 17.1 Å². The highest BCUT2D eigenvalue weighted by molar-refractivity contribution is 7.11. The summed E-state index contributed by atoms with van der Waals surface area (Å²) in [7, 11) is 0. The first-order chi connectivity index (χ1) is 9.47. The minimum atomic E-state index is 0.286. The van der Waals surface area contributed by atoms with E-state index < -0.39 is 0 Å². The lowest BCUT2D eigenvalue weighted by atomic mass is 9.99. The molecule has 0 radical (unpaired) electrons. The molecular formula is C17H24N2S. The summed E-state index contributed by atoms with van der Waals surface area (Å²) in [4.78, 5) is 5.72. The van der Waals surface area contributed by atoms with Crippen molar-refractivity contribution >= 4 is 11.3 Å². The van der Waals surface area contributed by atoms with Gasteiger partial charge in [-0.25, -0.2) is 4.98 Å². The van der Waals surface area contributed by atoms with Crippen LogP contribution in [-0.2, 0) is 0 Å². The molecule has 2 rings (SSSR count). The third-order valence-electron chi connectivity index (χ3n) is 3.61. The van der Waals surface area contributed by atoms with Gasteiger partial charge >= 0.3 is 0 Å². The van der Waals surface area contributed by atoms with Crippen LogP contribution in [0.4, 0.5) is 0 Å². The highest BCUT2D eigenvalue weighted by Crippen LogP contribution is 2.24. The molecule has 2 aromatic rings. The van der Waals surface area contributed by atoms with Crippen molar-refractivity contribution in [3.05, 3.63) is 51.5 Å². The van der Waals surface area contributed by atoms with E-state index in [1.807, 2.05) is 6.20 Å². The summed E-state index contributed by atoms with van der Waals surface area (Å²) >= 11 is 1.77. The zero-order valence-electron chi connectivity index (χ0n) is 13.0. The lowest BCUT2D eigenvalue weighted by Crippen LogP contribution is -2.22. The summed E-state index contributed by atoms with van der Waals surface area (Å²) in [5.74, 6) is 0.588. The van der Waals surface area contributed by atoms with Gasteiger partial charge in [-0.1, -0.05) is 38.1 Å². The van der Waals surface area contributed by atoms with E-state index >= 15 is 0 Å². The van der Waals surface area contributed by atoms with E-state index in [1.54, 1.807) is 11.3 Å². The molecular weight excluding hydrogens is 264 g/mol. The van der Waals surface area contributed by atoms with Crippen molar-refractivity contribution < 1.29 is 0 Å². The van der Waals surface area contributed by atoms with E-state index in [9.17, 15) is 0 Å². The van der Waals surface area contributed by atoms with E-state index in [4.69, 9.17) is 0 Å². The topological polar surface area (TPSA) is 24.9 Å². The highest BCUT2D eigenvalue weighted by atomic mass is 32.1. The zero-order valence-corrected chi connectivity index (χ0v) is 13.8. The van der Waals surface area contributed by atoms with E-state index in [1.165, 1.54) is 16.0 Å². The van der Waals surface area contributed by atoms with Crippen molar-refractivity contribution in [3.8, 4) is 0 Å². The molecule has 20 heavy (non-hydrogen) atoms. The van der Waals surface area contributed by atoms with Crippen LogP contribution in [0.2, 0.25) is 0 Å². The summed E-state index contributed by atoms with van der Waals surface area (Å²) in [6.07, 6.45) is 1.94. The summed E-state index contributed by atoms with van der Waals surface area (Å²) < 4.78 is 0. The summed E-state index contributed by atoms with van der Waals surface area (Å²) in [6.45, 7) is 10.9. The number of nitrogens with one attached hydrogen (secondary N) is 1. The van der Waals surface area contributed by atoms with Gasteiger partial charge in [-0.15, -0.1) is 11.3 Å². The van der Waals surface area contributed by atoms with Gasteiger partial charge in [-0.3, -0.25) is 0 Å². The third-order valence-corrected chi connectivity index (χ3v) is 4.71. The second kappa shape index (κ2) is 6.51. The predicted molar refractivity (Wildman–Crippen MR) is 87.3 cm³/mol. The molecule has 0 aliphatic rings. The summed E-state index contributed by atoms with van der Waals surface area (Å²) in [5.41, 5.74) is 2.72. The lowest BCUT2D eigenvalue weighted by Gasteiger charge is -2.19. The Kier molecular flexibility index (Phi) is 4.95. The highest BCUT2D eigenvalue weighted by Gasteiger charge is 2.13. The molecule has 0 saturated heterocycles. The Morgan fingerprint density at radius 1 is 0.950 bits per heavy atom. The molecule has 0 saturated carbocycles. The van der Waals surface area contributed by atoms with Gasteiger partial charge in [0.25, 0.3) is 0 Å². The van der Waals surface area contributed by atoms with Crippen LogP contribution in [0.5, 0.6) is 0 Å². The molecule has 1 heterocycles. The first-order valence-electron chi connectivity index (χ1n) is 7.25. The average Bonchev–Trinajstić information content (AvgIpc) is 2.85. The zero-order chi connectivity index (χ0) is 14.7. The largest absolute Gasteiger partial charge is 0.302 e. The van der Waals surface area contributed by atoms with Gasteiger partial charge in [-0.05, 0) is 37.8 Å². The molecule has 0 spiro atoms. The van der Waals surface area contributed by atoms with Crippen LogP contribution in [0, 0.1) is 6.92 Å². The molecule has 108 valence electrons. The third kappa shape index (κ3) is 3.68. The second-order valence-corrected chi connectivity index (χ2v) is 7.01. The van der Waals surface area contributed by atoms with Crippen LogP contribution in [0.1, 0.15) is 66.7 Å². The summed E-state index contributed by atoms with van der Waals surface area (Å²) in [6, 6.07) is 9.54. The van der Waals surface area contributed by atoms with E-state index in [2.05, 4.69) is 69.2 Å². The lowest BCUT2D eigenvalue weighted by molar-refractivity contribution is 0.493. The number of nitrogens with zero attached hydrogens (tertiary/aromatic N) is 1. The number of aryl methyl sites for hydroxylation is 1. The monoisotopic (exact) mass is 288 g/mol. The van der Waals surface area contributed by atoms with Crippen molar-refractivity contribution in [2.24, 2.45) is 0 Å². The van der Waals surface area contributed by atoms with Crippen LogP contribution in [0.15, 0.2) is 30.5 Å². The Balaban J connectivity index is 2.02. The number of hydrogen-bond acceptors (Lipinski definition) is 3. The van der Waals surface area contributed by atoms with Crippen LogP contribution in [0.25, 0.3) is 0 Å². The standard InChI is InChI=1S/C17H24N2S/c1-11(2)15-6-8-16(9-7-15)13(4)19-14(5)17-18-10-12(3)20-17/h6-11,13-14,19H,1-5H3. The fourth-order valence-corrected chi connectivity index (χ4v) is 3.07. The van der Waals surface area contributed by atoms with Gasteiger partial charge in [0.05, 0.1) is 6.04 Å². The Morgan fingerprint density at radius 3 is 2.05 bits per heavy atom. The normalized spacial score (nSPS) is 14.5. The molecule has 3 heteroatoms. The molecule has 0 aliphatic heterocycles. The molecule has 1 aromatic heterocycles. The maximum absolute atomic E-state index is 4.46. The molecule has 0 amide bonds. The number of aromatic nitrogens is 1. The predicted octanol–water partition coefficient (Wildman–Crippen LogP) is 4.99. The number of thiazole rings is 1. The molecule has 2 nitrogen and oxygen atoms in total. The number of hydrogen-bond donors (Lipinski definition) is 1. The Labute approximate surface area is 126 Å². The van der Waals surface area contributed by atoms with Crippen molar-refractivity contribution in [2.75, 3.05) is 0 Å². The van der Waals surface area contributed by atoms with Gasteiger partial charge in [0.15, 0.2) is 0 Å². The van der Waals surface area contributed by atoms with Gasteiger partial charge in [0.1, 0.15) is 5.01 Å². The first kappa shape index (κ1) is 15.2. The average molecular weight is 288 g/mol. The quantitative estimate of drug-likeness (QED) is 0.838. The van der Waals surface area contributed by atoms with Gasteiger partial charge in [0.2, 0.25) is 0 Å². The molecule has 2 atom stereocenters. The smallest absolute Gasteiger partial charge is 0.109 e. The van der Waals surface area contributed by atoms with Crippen molar-refractivity contribution in [3.63, 3.8) is 0 Å². The fourth-order valence-electron chi connectivity index (χ4n) is 2.28. The molecule has 0 fully saturated rings. The fraction of sp³-hybridized carbons (Fsp3) is 0.471. The molecule has 2 unspecified atom stereocenters. The van der Waals surface area contributed by atoms with Gasteiger partial charge in [-0.2, -0.15) is 0 Å². The van der Waals surface area contributed by atoms with Gasteiger partial charge < -0.3 is 5.32 Å². The van der Waals surface area contributed by atoms with Crippen molar-refractivity contribution in [1.29, 1.82) is 0 Å². The molecule has 0 bridgehead atoms. The van der Waals surface area contributed by atoms with Crippen molar-refractivity contribution in [2.45, 2.75) is 52.6 Å². The van der Waals surface area contributed by atoms with Crippen LogP contribution >= 0.6 is 11.3 Å². The van der Waals surface area contributed by atoms with Crippen LogP contribution in [-0.4, -0.2) is 4.98 Å². The molecule has 1 N–H and O–H groups in total. The number of rotatable bonds is 5. The van der Waals surface area contributed by atoms with E-state index in [-0.39, 0.29) is 6.04 Å². The minimum absolute atomic E-state index is 0.286. The first-order valence-corrected chi connectivity index (χ1v) is 8.07. The Bertz CT molecular complexity index is 542. The van der Waals surface area contributed by atoms with E-state index in [0.717, 1.165) is 5.01 Å². The summed E-state index contributed by atoms with van der Waals surface area (Å²) in [5, 5.41) is 4.78. The van der Waals surface area contributed by atoms with E-state index in [0.29, 0.717) is 12.0 Å². The number of benzene rings is 1. The Morgan fingerprint density at radius 2 is 1.55 bits per heavy atom. The van der Waals surface area contributed by atoms with Crippen LogP contribution in [0.3, 0.4) is 0 Å². The Hall–Kier alpha value is -1.19. The van der Waals surface area contributed by atoms with Crippen LogP contribution < -0.4 is 5.32 Å². The second-order valence-electron chi connectivity index (χ2n) is 5.74. The van der Waals surface area contributed by atoms with Crippen molar-refractivity contribution in [1.82, 2.24) is 10.3 Å². The molecule has 1 aromatic carbocycles.